The molecule has 0 radical (unpaired) electrons. The largest absolute Gasteiger partial charge is 0.264 e. The van der Waals surface area contributed by atoms with E-state index in [2.05, 4.69) is 38.1 Å². The third-order valence-corrected chi connectivity index (χ3v) is 3.42. The first kappa shape index (κ1) is 11.3. The van der Waals surface area contributed by atoms with Crippen molar-refractivity contribution in [1.29, 1.82) is 0 Å². The van der Waals surface area contributed by atoms with E-state index >= 15 is 0 Å². The molecule has 0 fully saturated rings. The van der Waals surface area contributed by atoms with Crippen molar-refractivity contribution in [2.24, 2.45) is 0 Å². The van der Waals surface area contributed by atoms with Gasteiger partial charge in [-0.3, -0.25) is 4.98 Å². The number of pyridine rings is 1. The van der Waals surface area contributed by atoms with Crippen LogP contribution >= 0.6 is 11.3 Å². The second-order valence-corrected chi connectivity index (χ2v) is 5.84. The highest BCUT2D eigenvalue weighted by atomic mass is 32.1. The first-order chi connectivity index (χ1) is 7.48. The fourth-order valence-electron chi connectivity index (χ4n) is 1.43. The van der Waals surface area contributed by atoms with Crippen LogP contribution in [0.2, 0.25) is 0 Å². The summed E-state index contributed by atoms with van der Waals surface area (Å²) in [4.78, 5) is 8.85. The van der Waals surface area contributed by atoms with Gasteiger partial charge < -0.3 is 0 Å². The van der Waals surface area contributed by atoms with Crippen molar-refractivity contribution >= 4 is 11.3 Å². The van der Waals surface area contributed by atoms with Crippen molar-refractivity contribution in [2.45, 2.75) is 33.1 Å². The summed E-state index contributed by atoms with van der Waals surface area (Å²) in [6.07, 6.45) is 3.71. The first-order valence-corrected chi connectivity index (χ1v) is 6.23. The standard InChI is InChI=1S/C13H16N2S/c1-9-5-6-14-7-10(9)12-15-11(8-16-12)13(2,3)4/h5-8H,1-4H3. The van der Waals surface area contributed by atoms with Crippen molar-refractivity contribution in [3.05, 3.63) is 35.1 Å². The van der Waals surface area contributed by atoms with Crippen LogP contribution in [0.5, 0.6) is 0 Å². The molecule has 0 atom stereocenters. The van der Waals surface area contributed by atoms with Crippen molar-refractivity contribution < 1.29 is 0 Å². The van der Waals surface area contributed by atoms with E-state index in [4.69, 9.17) is 4.98 Å². The molecule has 0 amide bonds. The molecular formula is C13H16N2S. The molecule has 0 N–H and O–H groups in total. The van der Waals surface area contributed by atoms with E-state index in [1.807, 2.05) is 18.5 Å². The quantitative estimate of drug-likeness (QED) is 0.747. The summed E-state index contributed by atoms with van der Waals surface area (Å²) >= 11 is 1.69. The zero-order valence-electron chi connectivity index (χ0n) is 10.1. The normalized spacial score (nSPS) is 11.8. The highest BCUT2D eigenvalue weighted by Gasteiger charge is 2.18. The fourth-order valence-corrected chi connectivity index (χ4v) is 2.55. The molecule has 2 aromatic heterocycles. The maximum absolute atomic E-state index is 4.69. The maximum Gasteiger partial charge on any atom is 0.125 e. The monoisotopic (exact) mass is 232 g/mol. The Bertz CT molecular complexity index is 495. The van der Waals surface area contributed by atoms with Crippen LogP contribution < -0.4 is 0 Å². The van der Waals surface area contributed by atoms with Crippen LogP contribution in [0.15, 0.2) is 23.8 Å². The van der Waals surface area contributed by atoms with Gasteiger partial charge in [-0.05, 0) is 18.6 Å². The van der Waals surface area contributed by atoms with Gasteiger partial charge in [-0.25, -0.2) is 4.98 Å². The smallest absolute Gasteiger partial charge is 0.125 e. The molecule has 2 heterocycles. The minimum Gasteiger partial charge on any atom is -0.264 e. The molecule has 0 aliphatic rings. The van der Waals surface area contributed by atoms with E-state index in [1.54, 1.807) is 11.3 Å². The third kappa shape index (κ3) is 2.14. The van der Waals surface area contributed by atoms with Crippen LogP contribution in [0.3, 0.4) is 0 Å². The number of nitrogens with zero attached hydrogens (tertiary/aromatic N) is 2. The lowest BCUT2D eigenvalue weighted by molar-refractivity contribution is 0.573. The molecular weight excluding hydrogens is 216 g/mol. The highest BCUT2D eigenvalue weighted by Crippen LogP contribution is 2.30. The van der Waals surface area contributed by atoms with E-state index in [0.717, 1.165) is 16.3 Å². The van der Waals surface area contributed by atoms with Gasteiger partial charge in [-0.15, -0.1) is 11.3 Å². The zero-order chi connectivity index (χ0) is 11.8. The summed E-state index contributed by atoms with van der Waals surface area (Å²) in [6, 6.07) is 2.02. The molecule has 0 aliphatic carbocycles. The Morgan fingerprint density at radius 3 is 2.56 bits per heavy atom. The maximum atomic E-state index is 4.69. The van der Waals surface area contributed by atoms with E-state index in [9.17, 15) is 0 Å². The molecule has 3 heteroatoms. The minimum atomic E-state index is 0.116. The number of aryl methyl sites for hydroxylation is 1. The Morgan fingerprint density at radius 2 is 2.00 bits per heavy atom. The van der Waals surface area contributed by atoms with Gasteiger partial charge >= 0.3 is 0 Å². The Labute approximate surface area is 100 Å². The average Bonchev–Trinajstić information content (AvgIpc) is 2.66. The van der Waals surface area contributed by atoms with Crippen LogP contribution in [0.1, 0.15) is 32.0 Å². The summed E-state index contributed by atoms with van der Waals surface area (Å²) < 4.78 is 0. The Balaban J connectivity index is 2.44. The molecule has 0 bridgehead atoms. The summed E-state index contributed by atoms with van der Waals surface area (Å²) in [5.41, 5.74) is 3.63. The molecule has 84 valence electrons. The molecule has 16 heavy (non-hydrogen) atoms. The Hall–Kier alpha value is -1.22. The molecule has 2 nitrogen and oxygen atoms in total. The van der Waals surface area contributed by atoms with Crippen molar-refractivity contribution in [3.63, 3.8) is 0 Å². The third-order valence-electron chi connectivity index (χ3n) is 2.54. The van der Waals surface area contributed by atoms with Gasteiger partial charge in [0.2, 0.25) is 0 Å². The SMILES string of the molecule is Cc1ccncc1-c1nc(C(C)(C)C)cs1. The minimum absolute atomic E-state index is 0.116. The number of rotatable bonds is 1. The predicted molar refractivity (Wildman–Crippen MR) is 68.8 cm³/mol. The molecule has 0 aromatic carbocycles. The zero-order valence-corrected chi connectivity index (χ0v) is 10.9. The van der Waals surface area contributed by atoms with Gasteiger partial charge in [0.1, 0.15) is 5.01 Å². The summed E-state index contributed by atoms with van der Waals surface area (Å²) in [6.45, 7) is 8.64. The van der Waals surface area contributed by atoms with Gasteiger partial charge in [-0.2, -0.15) is 0 Å². The summed E-state index contributed by atoms with van der Waals surface area (Å²) in [7, 11) is 0. The molecule has 0 aliphatic heterocycles. The van der Waals surface area contributed by atoms with Gasteiger partial charge in [0.15, 0.2) is 0 Å². The lowest BCUT2D eigenvalue weighted by atomic mass is 9.93. The van der Waals surface area contributed by atoms with Crippen LogP contribution in [0.25, 0.3) is 10.6 Å². The van der Waals surface area contributed by atoms with E-state index in [1.165, 1.54) is 5.56 Å². The predicted octanol–water partition coefficient (Wildman–Crippen LogP) is 3.81. The van der Waals surface area contributed by atoms with Gasteiger partial charge in [0.05, 0.1) is 5.69 Å². The van der Waals surface area contributed by atoms with Crippen LogP contribution in [-0.2, 0) is 5.41 Å². The second kappa shape index (κ2) is 3.98. The molecule has 0 unspecified atom stereocenters. The van der Waals surface area contributed by atoms with E-state index < -0.39 is 0 Å². The van der Waals surface area contributed by atoms with E-state index in [-0.39, 0.29) is 5.41 Å². The van der Waals surface area contributed by atoms with Crippen molar-refractivity contribution in [1.82, 2.24) is 9.97 Å². The lowest BCUT2D eigenvalue weighted by Gasteiger charge is -2.14. The number of thiazole rings is 1. The van der Waals surface area contributed by atoms with Gasteiger partial charge in [0, 0.05) is 28.8 Å². The van der Waals surface area contributed by atoms with Gasteiger partial charge in [0.25, 0.3) is 0 Å². The summed E-state index contributed by atoms with van der Waals surface area (Å²) in [5, 5.41) is 3.21. The topological polar surface area (TPSA) is 25.8 Å². The van der Waals surface area contributed by atoms with Crippen LogP contribution in [-0.4, -0.2) is 9.97 Å². The second-order valence-electron chi connectivity index (χ2n) is 4.98. The van der Waals surface area contributed by atoms with E-state index in [0.29, 0.717) is 0 Å². The molecule has 0 spiro atoms. The van der Waals surface area contributed by atoms with Crippen LogP contribution in [0, 0.1) is 6.92 Å². The Morgan fingerprint density at radius 1 is 1.25 bits per heavy atom. The first-order valence-electron chi connectivity index (χ1n) is 5.35. The van der Waals surface area contributed by atoms with Gasteiger partial charge in [-0.1, -0.05) is 20.8 Å². The molecule has 2 aromatic rings. The number of aromatic nitrogens is 2. The van der Waals surface area contributed by atoms with Crippen LogP contribution in [0.4, 0.5) is 0 Å². The molecule has 0 saturated heterocycles. The highest BCUT2D eigenvalue weighted by molar-refractivity contribution is 7.13. The number of hydrogen-bond donors (Lipinski definition) is 0. The molecule has 2 rings (SSSR count). The molecule has 0 saturated carbocycles. The fraction of sp³-hybridized carbons (Fsp3) is 0.385. The lowest BCUT2D eigenvalue weighted by Crippen LogP contribution is -2.11. The Kier molecular flexibility index (Phi) is 2.80. The average molecular weight is 232 g/mol. The summed E-state index contributed by atoms with van der Waals surface area (Å²) in [5.74, 6) is 0. The number of hydrogen-bond acceptors (Lipinski definition) is 3. The van der Waals surface area contributed by atoms with Crippen molar-refractivity contribution in [2.75, 3.05) is 0 Å². The van der Waals surface area contributed by atoms with Crippen molar-refractivity contribution in [3.8, 4) is 10.6 Å².